The summed E-state index contributed by atoms with van der Waals surface area (Å²) >= 11 is 0. The van der Waals surface area contributed by atoms with E-state index in [1.54, 1.807) is 0 Å². The van der Waals surface area contributed by atoms with Gasteiger partial charge < -0.3 is 26.0 Å². The summed E-state index contributed by atoms with van der Waals surface area (Å²) in [4.78, 5) is 2.33. The van der Waals surface area contributed by atoms with Crippen molar-refractivity contribution in [2.75, 3.05) is 31.3 Å². The molecule has 5 nitrogen and oxygen atoms in total. The molecule has 137 valence electrons. The van der Waals surface area contributed by atoms with Crippen LogP contribution in [0.2, 0.25) is 0 Å². The monoisotopic (exact) mass is 521 g/mol. The van der Waals surface area contributed by atoms with Crippen molar-refractivity contribution in [1.82, 2.24) is 0 Å². The Morgan fingerprint density at radius 1 is 0.880 bits per heavy atom. The number of benzene rings is 2. The van der Waals surface area contributed by atoms with Crippen molar-refractivity contribution in [3.05, 3.63) is 66.2 Å². The van der Waals surface area contributed by atoms with E-state index in [1.165, 1.54) is 16.9 Å². The van der Waals surface area contributed by atoms with Crippen molar-refractivity contribution in [1.29, 1.82) is 0 Å². The number of nitrogens with two attached hydrogens (primary N) is 1. The fraction of sp³-hybridized carbons (Fsp3) is 0.263. The normalized spacial score (nSPS) is 12.6. The number of anilines is 2. The third-order valence-electron chi connectivity index (χ3n) is 3.83. The molecule has 1 heterocycles. The summed E-state index contributed by atoms with van der Waals surface area (Å²) in [6.45, 7) is -0.263. The maximum Gasteiger partial charge on any atom is 0.0856 e. The van der Waals surface area contributed by atoms with Crippen LogP contribution in [0.25, 0.3) is 6.08 Å². The third kappa shape index (κ3) is 5.75. The van der Waals surface area contributed by atoms with E-state index in [4.69, 9.17) is 21.1 Å². The molecule has 0 fully saturated rings. The Labute approximate surface area is 161 Å². The van der Waals surface area contributed by atoms with E-state index in [0.29, 0.717) is 0 Å². The Morgan fingerprint density at radius 2 is 1.44 bits per heavy atom. The number of rotatable bonds is 4. The maximum atomic E-state index is 8.34. The third-order valence-corrected chi connectivity index (χ3v) is 3.83. The summed E-state index contributed by atoms with van der Waals surface area (Å²) < 4.78 is 0. The van der Waals surface area contributed by atoms with Gasteiger partial charge in [0.05, 0.1) is 25.4 Å². The largest absolute Gasteiger partial charge is 0.394 e. The SMILES string of the molecule is C1=Cc2ccccc2N(c2ccccc2)C1.NC(CO)(CO)CO.[Ir]. The average molecular weight is 521 g/mol. The minimum Gasteiger partial charge on any atom is -0.394 e. The van der Waals surface area contributed by atoms with Crippen LogP contribution in [0, 0.1) is 0 Å². The summed E-state index contributed by atoms with van der Waals surface area (Å²) in [6.07, 6.45) is 4.39. The molecule has 0 aliphatic carbocycles. The molecule has 2 aromatic carbocycles. The molecular weight excluding hydrogens is 496 g/mol. The van der Waals surface area contributed by atoms with Gasteiger partial charge in [-0.2, -0.15) is 0 Å². The summed E-state index contributed by atoms with van der Waals surface area (Å²) in [7, 11) is 0. The smallest absolute Gasteiger partial charge is 0.0856 e. The van der Waals surface area contributed by atoms with Gasteiger partial charge in [0.2, 0.25) is 0 Å². The van der Waals surface area contributed by atoms with Crippen LogP contribution in [0.15, 0.2) is 60.7 Å². The average Bonchev–Trinajstić information content (AvgIpc) is 2.68. The van der Waals surface area contributed by atoms with Crippen molar-refractivity contribution in [2.24, 2.45) is 5.73 Å². The summed E-state index contributed by atoms with van der Waals surface area (Å²) in [5, 5.41) is 25.0. The minimum absolute atomic E-state index is 0. The summed E-state index contributed by atoms with van der Waals surface area (Å²) in [5.74, 6) is 0. The number of para-hydroxylation sites is 2. The predicted molar refractivity (Wildman–Crippen MR) is 97.1 cm³/mol. The second-order valence-corrected chi connectivity index (χ2v) is 5.74. The second-order valence-electron chi connectivity index (χ2n) is 5.74. The Bertz CT molecular complexity index is 652. The number of hydrogen-bond acceptors (Lipinski definition) is 5. The van der Waals surface area contributed by atoms with Gasteiger partial charge in [0.25, 0.3) is 0 Å². The molecule has 25 heavy (non-hydrogen) atoms. The number of hydrogen-bond donors (Lipinski definition) is 4. The van der Waals surface area contributed by atoms with E-state index >= 15 is 0 Å². The Balaban J connectivity index is 0.000000301. The van der Waals surface area contributed by atoms with Crippen LogP contribution in [-0.2, 0) is 20.1 Å². The van der Waals surface area contributed by atoms with Crippen LogP contribution in [-0.4, -0.2) is 47.2 Å². The Hall–Kier alpha value is -1.53. The first-order valence-electron chi connectivity index (χ1n) is 7.83. The molecule has 0 aromatic heterocycles. The van der Waals surface area contributed by atoms with Gasteiger partial charge in [-0.05, 0) is 23.8 Å². The van der Waals surface area contributed by atoms with E-state index in [9.17, 15) is 0 Å². The molecule has 0 amide bonds. The van der Waals surface area contributed by atoms with E-state index in [2.05, 4.69) is 71.6 Å². The zero-order chi connectivity index (χ0) is 17.4. The molecule has 6 heteroatoms. The van der Waals surface area contributed by atoms with E-state index in [1.807, 2.05) is 0 Å². The molecule has 0 saturated carbocycles. The first-order valence-corrected chi connectivity index (χ1v) is 7.83. The van der Waals surface area contributed by atoms with Crippen LogP contribution >= 0.6 is 0 Å². The topological polar surface area (TPSA) is 90.0 Å². The number of fused-ring (bicyclic) bond motifs is 1. The Kier molecular flexibility index (Phi) is 9.00. The molecule has 1 aliphatic rings. The maximum absolute atomic E-state index is 8.34. The van der Waals surface area contributed by atoms with Gasteiger partial charge in [0.15, 0.2) is 0 Å². The van der Waals surface area contributed by atoms with Gasteiger partial charge >= 0.3 is 0 Å². The molecule has 1 aliphatic heterocycles. The molecule has 3 rings (SSSR count). The molecule has 0 bridgehead atoms. The predicted octanol–water partition coefficient (Wildman–Crippen LogP) is 1.51. The molecule has 0 spiro atoms. The Morgan fingerprint density at radius 3 is 2.00 bits per heavy atom. The molecule has 0 atom stereocenters. The first-order chi connectivity index (χ1) is 11.6. The molecule has 1 radical (unpaired) electrons. The molecule has 0 saturated heterocycles. The number of aliphatic hydroxyl groups excluding tert-OH is 3. The van der Waals surface area contributed by atoms with Crippen molar-refractivity contribution >= 4 is 17.5 Å². The quantitative estimate of drug-likeness (QED) is 0.491. The molecule has 0 unspecified atom stereocenters. The van der Waals surface area contributed by atoms with Crippen molar-refractivity contribution < 1.29 is 35.4 Å². The second kappa shape index (κ2) is 10.5. The van der Waals surface area contributed by atoms with Crippen LogP contribution in [0.5, 0.6) is 0 Å². The zero-order valence-electron chi connectivity index (χ0n) is 13.9. The molecule has 5 N–H and O–H groups in total. The van der Waals surface area contributed by atoms with E-state index in [0.717, 1.165) is 6.54 Å². The van der Waals surface area contributed by atoms with Gasteiger partial charge in [-0.15, -0.1) is 0 Å². The fourth-order valence-corrected chi connectivity index (χ4v) is 2.26. The molecular formula is C19H24IrN2O3. The van der Waals surface area contributed by atoms with Crippen LogP contribution in [0.3, 0.4) is 0 Å². The van der Waals surface area contributed by atoms with Gasteiger partial charge in [-0.1, -0.05) is 48.6 Å². The zero-order valence-corrected chi connectivity index (χ0v) is 16.3. The summed E-state index contributed by atoms with van der Waals surface area (Å²) in [5.41, 5.74) is 7.76. The summed E-state index contributed by atoms with van der Waals surface area (Å²) in [6, 6.07) is 19.0. The van der Waals surface area contributed by atoms with Gasteiger partial charge in [0.1, 0.15) is 0 Å². The minimum atomic E-state index is -1.21. The van der Waals surface area contributed by atoms with Gasteiger partial charge in [0, 0.05) is 38.0 Å². The van der Waals surface area contributed by atoms with Crippen molar-refractivity contribution in [3.8, 4) is 0 Å². The van der Waals surface area contributed by atoms with Crippen molar-refractivity contribution in [3.63, 3.8) is 0 Å². The van der Waals surface area contributed by atoms with Crippen molar-refractivity contribution in [2.45, 2.75) is 5.54 Å². The standard InChI is InChI=1S/C15H13N.C4H11NO3.Ir/c1-2-9-14(10-3-1)16-12-6-8-13-7-4-5-11-15(13)16;5-4(1-6,2-7)3-8;/h1-11H,12H2;6-8H,1-3,5H2;. The van der Waals surface area contributed by atoms with Crippen LogP contribution in [0.1, 0.15) is 5.56 Å². The van der Waals surface area contributed by atoms with Gasteiger partial charge in [-0.3, -0.25) is 0 Å². The first kappa shape index (κ1) is 21.5. The fourth-order valence-electron chi connectivity index (χ4n) is 2.26. The van der Waals surface area contributed by atoms with Crippen LogP contribution < -0.4 is 10.6 Å². The van der Waals surface area contributed by atoms with E-state index < -0.39 is 25.4 Å². The molecule has 2 aromatic rings. The van der Waals surface area contributed by atoms with E-state index in [-0.39, 0.29) is 20.1 Å². The number of nitrogens with zero attached hydrogens (tertiary/aromatic N) is 1. The number of aliphatic hydroxyl groups is 3. The van der Waals surface area contributed by atoms with Crippen LogP contribution in [0.4, 0.5) is 11.4 Å². The van der Waals surface area contributed by atoms with Gasteiger partial charge in [-0.25, -0.2) is 0 Å².